The molecule has 0 aliphatic heterocycles. The normalized spacial score (nSPS) is 11.9. The van der Waals surface area contributed by atoms with Gasteiger partial charge >= 0.3 is 0 Å². The third kappa shape index (κ3) is 4.42. The monoisotopic (exact) mass is 427 g/mol. The lowest BCUT2D eigenvalue weighted by Crippen LogP contribution is -2.13. The number of hydrogen-bond donors (Lipinski definition) is 1. The lowest BCUT2D eigenvalue weighted by molar-refractivity contribution is -0.112. The first-order valence-corrected chi connectivity index (χ1v) is 11.1. The largest absolute Gasteiger partial charge is 0.318 e. The summed E-state index contributed by atoms with van der Waals surface area (Å²) in [5.74, 6) is -0.687. The minimum absolute atomic E-state index is 0.00586. The van der Waals surface area contributed by atoms with E-state index in [0.29, 0.717) is 0 Å². The van der Waals surface area contributed by atoms with Gasteiger partial charge in [0, 0.05) is 23.3 Å². The number of amides is 1. The first-order chi connectivity index (χ1) is 13.7. The van der Waals surface area contributed by atoms with Gasteiger partial charge in [-0.05, 0) is 43.7 Å². The highest BCUT2D eigenvalue weighted by molar-refractivity contribution is 7.92. The van der Waals surface area contributed by atoms with Crippen LogP contribution in [-0.4, -0.2) is 35.3 Å². The lowest BCUT2D eigenvalue weighted by atomic mass is 10.1. The van der Waals surface area contributed by atoms with Gasteiger partial charge in [0.1, 0.15) is 11.6 Å². The highest BCUT2D eigenvalue weighted by Crippen LogP contribution is 2.24. The zero-order valence-corrected chi connectivity index (χ0v) is 17.5. The summed E-state index contributed by atoms with van der Waals surface area (Å²) in [6.07, 6.45) is 2.50. The molecule has 0 saturated carbocycles. The highest BCUT2D eigenvalue weighted by atomic mass is 32.2. The molecule has 3 rings (SSSR count). The summed E-state index contributed by atoms with van der Waals surface area (Å²) in [5.41, 5.74) is 3.41. The van der Waals surface area contributed by atoms with Crippen LogP contribution < -0.4 is 5.32 Å². The molecule has 2 heterocycles. The van der Waals surface area contributed by atoms with Gasteiger partial charge in [-0.1, -0.05) is 29.5 Å². The summed E-state index contributed by atoms with van der Waals surface area (Å²) in [6, 6.07) is 13.5. The van der Waals surface area contributed by atoms with Crippen LogP contribution in [0, 0.1) is 25.2 Å². The fourth-order valence-electron chi connectivity index (χ4n) is 2.79. The topological polar surface area (TPSA) is 118 Å². The highest BCUT2D eigenvalue weighted by Gasteiger charge is 2.18. The Balaban J connectivity index is 1.90. The molecule has 8 nitrogen and oxygen atoms in total. The molecular weight excluding hydrogens is 410 g/mol. The number of benzene rings is 1. The molecular formula is C19H17N5O3S2. The lowest BCUT2D eigenvalue weighted by Gasteiger charge is -2.09. The van der Waals surface area contributed by atoms with Crippen molar-refractivity contribution in [2.24, 2.45) is 0 Å². The van der Waals surface area contributed by atoms with Gasteiger partial charge in [-0.2, -0.15) is 5.26 Å². The molecule has 1 aromatic carbocycles. The summed E-state index contributed by atoms with van der Waals surface area (Å²) in [4.78, 5) is 12.5. The number of nitrogens with one attached hydrogen (secondary N) is 1. The van der Waals surface area contributed by atoms with Gasteiger partial charge in [-0.15, -0.1) is 10.2 Å². The number of anilines is 1. The fraction of sp³-hybridized carbons (Fsp3) is 0.158. The number of aromatic nitrogens is 3. The molecule has 0 aliphatic carbocycles. The third-order valence-corrected chi connectivity index (χ3v) is 6.60. The molecule has 1 N–H and O–H groups in total. The van der Waals surface area contributed by atoms with Crippen molar-refractivity contribution in [1.82, 2.24) is 14.8 Å². The van der Waals surface area contributed by atoms with Crippen molar-refractivity contribution < 1.29 is 13.2 Å². The molecule has 0 saturated heterocycles. The number of hydrogen-bond acceptors (Lipinski definition) is 7. The zero-order chi connectivity index (χ0) is 21.2. The summed E-state index contributed by atoms with van der Waals surface area (Å²) in [5, 5.41) is 19.0. The second-order valence-electron chi connectivity index (χ2n) is 6.27. The molecule has 0 radical (unpaired) electrons. The Morgan fingerprint density at radius 1 is 1.24 bits per heavy atom. The quantitative estimate of drug-likeness (QED) is 0.380. The van der Waals surface area contributed by atoms with E-state index in [1.807, 2.05) is 60.9 Å². The number of para-hydroxylation sites is 1. The van der Waals surface area contributed by atoms with Crippen molar-refractivity contribution in [2.75, 3.05) is 11.6 Å². The maximum Gasteiger partial charge on any atom is 0.268 e. The summed E-state index contributed by atoms with van der Waals surface area (Å²) >= 11 is 0.726. The Kier molecular flexibility index (Phi) is 5.63. The van der Waals surface area contributed by atoms with Gasteiger partial charge in [-0.3, -0.25) is 10.1 Å². The molecule has 0 spiro atoms. The Bertz CT molecular complexity index is 1250. The minimum Gasteiger partial charge on any atom is -0.318 e. The minimum atomic E-state index is -3.51. The van der Waals surface area contributed by atoms with Crippen LogP contribution in [0.4, 0.5) is 5.13 Å². The molecule has 0 aliphatic rings. The van der Waals surface area contributed by atoms with Crippen LogP contribution in [0.1, 0.15) is 17.0 Å². The van der Waals surface area contributed by atoms with Crippen LogP contribution in [0.3, 0.4) is 0 Å². The molecule has 1 amide bonds. The number of carbonyl (C=O) groups excluding carboxylic acids is 1. The maximum absolute atomic E-state index is 12.5. The first kappa shape index (κ1) is 20.4. The third-order valence-electron chi connectivity index (χ3n) is 4.09. The van der Waals surface area contributed by atoms with Crippen LogP contribution in [0.2, 0.25) is 0 Å². The van der Waals surface area contributed by atoms with Crippen molar-refractivity contribution in [2.45, 2.75) is 18.2 Å². The number of carbonyl (C=O) groups is 1. The average molecular weight is 428 g/mol. The van der Waals surface area contributed by atoms with Gasteiger partial charge in [0.2, 0.25) is 19.3 Å². The molecule has 0 unspecified atom stereocenters. The Labute approximate surface area is 172 Å². The smallest absolute Gasteiger partial charge is 0.268 e. The van der Waals surface area contributed by atoms with Crippen molar-refractivity contribution in [3.8, 4) is 11.8 Å². The molecule has 2 aromatic heterocycles. The van der Waals surface area contributed by atoms with Crippen molar-refractivity contribution in [3.05, 3.63) is 58.9 Å². The number of sulfone groups is 1. The molecule has 0 bridgehead atoms. The van der Waals surface area contributed by atoms with E-state index in [-0.39, 0.29) is 15.0 Å². The molecule has 0 fully saturated rings. The second-order valence-corrected chi connectivity index (χ2v) is 9.43. The first-order valence-electron chi connectivity index (χ1n) is 8.42. The van der Waals surface area contributed by atoms with E-state index in [4.69, 9.17) is 0 Å². The van der Waals surface area contributed by atoms with E-state index < -0.39 is 15.7 Å². The Hall–Kier alpha value is -3.29. The zero-order valence-electron chi connectivity index (χ0n) is 15.9. The summed E-state index contributed by atoms with van der Waals surface area (Å²) in [7, 11) is -3.51. The summed E-state index contributed by atoms with van der Waals surface area (Å²) in [6.45, 7) is 3.85. The molecule has 10 heteroatoms. The SMILES string of the molecule is Cc1cc(/C=C(/C#N)C(=O)Nc2nnc(S(C)(=O)=O)s2)c(C)n1-c1ccccc1. The van der Waals surface area contributed by atoms with E-state index in [2.05, 4.69) is 15.5 Å². The van der Waals surface area contributed by atoms with E-state index in [0.717, 1.165) is 40.2 Å². The van der Waals surface area contributed by atoms with Crippen LogP contribution in [-0.2, 0) is 14.6 Å². The fourth-order valence-corrected chi connectivity index (χ4v) is 4.29. The van der Waals surface area contributed by atoms with Crippen molar-refractivity contribution in [1.29, 1.82) is 5.26 Å². The van der Waals surface area contributed by atoms with E-state index >= 15 is 0 Å². The van der Waals surface area contributed by atoms with E-state index in [1.54, 1.807) is 0 Å². The standard InChI is InChI=1S/C19H17N5O3S2/c1-12-9-14(13(2)24(12)16-7-5-4-6-8-16)10-15(11-20)17(25)21-18-22-23-19(28-18)29(3,26)27/h4-10H,1-3H3,(H,21,22,25)/b15-10-. The van der Waals surface area contributed by atoms with Gasteiger partial charge < -0.3 is 4.57 Å². The second kappa shape index (κ2) is 7.98. The number of nitriles is 1. The van der Waals surface area contributed by atoms with Gasteiger partial charge in [0.25, 0.3) is 5.91 Å². The molecule has 0 atom stereocenters. The molecule has 29 heavy (non-hydrogen) atoms. The predicted octanol–water partition coefficient (Wildman–Crippen LogP) is 2.89. The number of aryl methyl sites for hydroxylation is 1. The van der Waals surface area contributed by atoms with E-state index in [1.165, 1.54) is 6.08 Å². The van der Waals surface area contributed by atoms with Gasteiger partial charge in [0.15, 0.2) is 0 Å². The molecule has 148 valence electrons. The Morgan fingerprint density at radius 3 is 2.52 bits per heavy atom. The van der Waals surface area contributed by atoms with Crippen molar-refractivity contribution in [3.63, 3.8) is 0 Å². The Morgan fingerprint density at radius 2 is 1.93 bits per heavy atom. The van der Waals surface area contributed by atoms with Crippen LogP contribution >= 0.6 is 11.3 Å². The average Bonchev–Trinajstić information content (AvgIpc) is 3.24. The van der Waals surface area contributed by atoms with Gasteiger partial charge in [-0.25, -0.2) is 8.42 Å². The molecule has 3 aromatic rings. The van der Waals surface area contributed by atoms with E-state index in [9.17, 15) is 18.5 Å². The maximum atomic E-state index is 12.5. The van der Waals surface area contributed by atoms with Gasteiger partial charge in [0.05, 0.1) is 0 Å². The van der Waals surface area contributed by atoms with Crippen LogP contribution in [0.15, 0.2) is 46.3 Å². The van der Waals surface area contributed by atoms with Crippen LogP contribution in [0.5, 0.6) is 0 Å². The predicted molar refractivity (Wildman–Crippen MR) is 110 cm³/mol. The van der Waals surface area contributed by atoms with Crippen molar-refractivity contribution >= 4 is 38.3 Å². The summed E-state index contributed by atoms with van der Waals surface area (Å²) < 4.78 is 24.8. The number of nitrogens with zero attached hydrogens (tertiary/aromatic N) is 4. The number of rotatable bonds is 5. The van der Waals surface area contributed by atoms with Crippen LogP contribution in [0.25, 0.3) is 11.8 Å².